The van der Waals surface area contributed by atoms with Crippen molar-refractivity contribution >= 4 is 27.6 Å². The number of carboxylic acid groups (broad SMARTS) is 1. The quantitative estimate of drug-likeness (QED) is 0.656. The first kappa shape index (κ1) is 19.9. The van der Waals surface area contributed by atoms with Gasteiger partial charge < -0.3 is 5.11 Å². The average Bonchev–Trinajstić information content (AvgIpc) is 3.00. The van der Waals surface area contributed by atoms with Gasteiger partial charge in [-0.25, -0.2) is 13.1 Å². The SMILES string of the molecule is O=C(O)Cc1ccc2c(c1)CC(CCCNS(=O)(=O)c1ccc(Cl)cc1)C2. The van der Waals surface area contributed by atoms with Crippen molar-refractivity contribution in [2.45, 2.75) is 37.0 Å². The van der Waals surface area contributed by atoms with Gasteiger partial charge in [-0.1, -0.05) is 29.8 Å². The van der Waals surface area contributed by atoms with Gasteiger partial charge in [0.2, 0.25) is 10.0 Å². The second kappa shape index (κ2) is 8.42. The molecule has 0 bridgehead atoms. The first-order valence-corrected chi connectivity index (χ1v) is 10.8. The Morgan fingerprint density at radius 2 is 1.81 bits per heavy atom. The summed E-state index contributed by atoms with van der Waals surface area (Å²) in [5, 5.41) is 9.41. The first-order chi connectivity index (χ1) is 12.8. The van der Waals surface area contributed by atoms with E-state index < -0.39 is 16.0 Å². The fourth-order valence-corrected chi connectivity index (χ4v) is 4.75. The maximum absolute atomic E-state index is 12.2. The maximum atomic E-state index is 12.2. The summed E-state index contributed by atoms with van der Waals surface area (Å²) in [6.07, 6.45) is 3.61. The van der Waals surface area contributed by atoms with E-state index in [1.807, 2.05) is 18.2 Å². The molecule has 2 N–H and O–H groups in total. The van der Waals surface area contributed by atoms with E-state index in [0.717, 1.165) is 31.2 Å². The molecule has 0 amide bonds. The molecular weight excluding hydrogens is 386 g/mol. The minimum atomic E-state index is -3.51. The van der Waals surface area contributed by atoms with Crippen molar-refractivity contribution in [2.75, 3.05) is 6.54 Å². The number of carboxylic acids is 1. The highest BCUT2D eigenvalue weighted by Gasteiger charge is 2.22. The molecule has 0 heterocycles. The van der Waals surface area contributed by atoms with Gasteiger partial charge in [-0.3, -0.25) is 4.79 Å². The van der Waals surface area contributed by atoms with Crippen molar-refractivity contribution in [3.8, 4) is 0 Å². The van der Waals surface area contributed by atoms with Gasteiger partial charge in [0.25, 0.3) is 0 Å². The Hall–Kier alpha value is -1.89. The first-order valence-electron chi connectivity index (χ1n) is 8.91. The molecular formula is C20H22ClNO4S. The summed E-state index contributed by atoms with van der Waals surface area (Å²) in [5.74, 6) is -0.349. The Morgan fingerprint density at radius 1 is 1.11 bits per heavy atom. The van der Waals surface area contributed by atoms with Gasteiger partial charge in [-0.15, -0.1) is 0 Å². The van der Waals surface area contributed by atoms with Crippen molar-refractivity contribution in [1.82, 2.24) is 4.72 Å². The topological polar surface area (TPSA) is 83.5 Å². The van der Waals surface area contributed by atoms with E-state index in [1.54, 1.807) is 12.1 Å². The molecule has 1 atom stereocenters. The Morgan fingerprint density at radius 3 is 2.52 bits per heavy atom. The minimum absolute atomic E-state index is 0.0461. The lowest BCUT2D eigenvalue weighted by atomic mass is 10.0. The van der Waals surface area contributed by atoms with E-state index in [2.05, 4.69) is 4.72 Å². The lowest BCUT2D eigenvalue weighted by Crippen LogP contribution is -2.25. The van der Waals surface area contributed by atoms with Gasteiger partial charge in [0.05, 0.1) is 11.3 Å². The van der Waals surface area contributed by atoms with Crippen LogP contribution < -0.4 is 4.72 Å². The van der Waals surface area contributed by atoms with Crippen molar-refractivity contribution in [3.63, 3.8) is 0 Å². The average molecular weight is 408 g/mol. The number of sulfonamides is 1. The molecule has 1 aliphatic rings. The molecule has 27 heavy (non-hydrogen) atoms. The normalized spacial score (nSPS) is 16.3. The summed E-state index contributed by atoms with van der Waals surface area (Å²) in [6.45, 7) is 0.391. The van der Waals surface area contributed by atoms with Gasteiger partial charge in [-0.05, 0) is 72.6 Å². The monoisotopic (exact) mass is 407 g/mol. The zero-order chi connectivity index (χ0) is 19.4. The van der Waals surface area contributed by atoms with Gasteiger partial charge >= 0.3 is 5.97 Å². The summed E-state index contributed by atoms with van der Waals surface area (Å²) >= 11 is 5.79. The van der Waals surface area contributed by atoms with E-state index in [0.29, 0.717) is 17.5 Å². The van der Waals surface area contributed by atoms with Crippen molar-refractivity contribution < 1.29 is 18.3 Å². The number of hydrogen-bond acceptors (Lipinski definition) is 3. The zero-order valence-electron chi connectivity index (χ0n) is 14.8. The van der Waals surface area contributed by atoms with Crippen LogP contribution in [0.25, 0.3) is 0 Å². The van der Waals surface area contributed by atoms with Crippen LogP contribution in [0.4, 0.5) is 0 Å². The Balaban J connectivity index is 1.47. The number of benzene rings is 2. The van der Waals surface area contributed by atoms with Gasteiger partial charge in [-0.2, -0.15) is 0 Å². The predicted octanol–water partition coefficient (Wildman–Crippen LogP) is 3.44. The highest BCUT2D eigenvalue weighted by molar-refractivity contribution is 7.89. The second-order valence-corrected chi connectivity index (χ2v) is 9.15. The fourth-order valence-electron chi connectivity index (χ4n) is 3.55. The zero-order valence-corrected chi connectivity index (χ0v) is 16.4. The molecule has 2 aromatic rings. The highest BCUT2D eigenvalue weighted by Crippen LogP contribution is 2.30. The number of nitrogens with one attached hydrogen (secondary N) is 1. The summed E-state index contributed by atoms with van der Waals surface area (Å²) < 4.78 is 27.1. The summed E-state index contributed by atoms with van der Waals surface area (Å²) in [6, 6.07) is 12.0. The summed E-state index contributed by atoms with van der Waals surface area (Å²) in [7, 11) is -3.51. The van der Waals surface area contributed by atoms with Crippen LogP contribution in [0.3, 0.4) is 0 Å². The molecule has 1 aliphatic carbocycles. The number of hydrogen-bond donors (Lipinski definition) is 2. The molecule has 7 heteroatoms. The number of aliphatic carboxylic acids is 1. The van der Waals surface area contributed by atoms with E-state index >= 15 is 0 Å². The molecule has 0 fully saturated rings. The largest absolute Gasteiger partial charge is 0.481 e. The predicted molar refractivity (Wildman–Crippen MR) is 105 cm³/mol. The van der Waals surface area contributed by atoms with Crippen LogP contribution >= 0.6 is 11.6 Å². The molecule has 0 saturated heterocycles. The van der Waals surface area contributed by atoms with Crippen LogP contribution in [0.1, 0.15) is 29.5 Å². The van der Waals surface area contributed by atoms with Crippen LogP contribution in [0.15, 0.2) is 47.4 Å². The molecule has 0 aliphatic heterocycles. The van der Waals surface area contributed by atoms with Gasteiger partial charge in [0, 0.05) is 11.6 Å². The van der Waals surface area contributed by atoms with E-state index in [9.17, 15) is 13.2 Å². The van der Waals surface area contributed by atoms with Crippen LogP contribution in [0, 0.1) is 5.92 Å². The summed E-state index contributed by atoms with van der Waals surface area (Å²) in [5.41, 5.74) is 3.33. The van der Waals surface area contributed by atoms with Crippen LogP contribution in [-0.4, -0.2) is 26.0 Å². The standard InChI is InChI=1S/C20H22ClNO4S/c21-18-5-7-19(8-6-18)27(25,26)22-9-1-2-14-10-16-4-3-15(13-20(23)24)12-17(16)11-14/h3-8,12,14,22H,1-2,9-11,13H2,(H,23,24). The Bertz CT molecular complexity index is 925. The van der Waals surface area contributed by atoms with Gasteiger partial charge in [0.15, 0.2) is 0 Å². The molecule has 0 aromatic heterocycles. The highest BCUT2D eigenvalue weighted by atomic mass is 35.5. The lowest BCUT2D eigenvalue weighted by molar-refractivity contribution is -0.136. The third-order valence-corrected chi connectivity index (χ3v) is 6.58. The Labute approximate surface area is 164 Å². The molecule has 144 valence electrons. The van der Waals surface area contributed by atoms with Crippen LogP contribution in [0.5, 0.6) is 0 Å². The number of halogens is 1. The van der Waals surface area contributed by atoms with E-state index in [4.69, 9.17) is 16.7 Å². The molecule has 0 spiro atoms. The van der Waals surface area contributed by atoms with Crippen molar-refractivity contribution in [3.05, 3.63) is 64.2 Å². The van der Waals surface area contributed by atoms with E-state index in [1.165, 1.54) is 23.3 Å². The summed E-state index contributed by atoms with van der Waals surface area (Å²) in [4.78, 5) is 11.1. The molecule has 0 radical (unpaired) electrons. The smallest absolute Gasteiger partial charge is 0.307 e. The molecule has 3 rings (SSSR count). The maximum Gasteiger partial charge on any atom is 0.307 e. The molecule has 2 aromatic carbocycles. The number of rotatable bonds is 8. The van der Waals surface area contributed by atoms with E-state index in [-0.39, 0.29) is 11.3 Å². The fraction of sp³-hybridized carbons (Fsp3) is 0.350. The Kier molecular flexibility index (Phi) is 6.19. The third-order valence-electron chi connectivity index (χ3n) is 4.85. The number of carbonyl (C=O) groups is 1. The van der Waals surface area contributed by atoms with Gasteiger partial charge in [0.1, 0.15) is 0 Å². The molecule has 0 saturated carbocycles. The molecule has 5 nitrogen and oxygen atoms in total. The van der Waals surface area contributed by atoms with Crippen LogP contribution in [0.2, 0.25) is 5.02 Å². The second-order valence-electron chi connectivity index (χ2n) is 6.94. The van der Waals surface area contributed by atoms with Crippen molar-refractivity contribution in [1.29, 1.82) is 0 Å². The number of fused-ring (bicyclic) bond motifs is 1. The third kappa shape index (κ3) is 5.31. The lowest BCUT2D eigenvalue weighted by Gasteiger charge is -2.10. The van der Waals surface area contributed by atoms with Crippen molar-refractivity contribution in [2.24, 2.45) is 5.92 Å². The van der Waals surface area contributed by atoms with Crippen LogP contribution in [-0.2, 0) is 34.1 Å². The minimum Gasteiger partial charge on any atom is -0.481 e. The molecule has 1 unspecified atom stereocenters.